The lowest BCUT2D eigenvalue weighted by Gasteiger charge is -2.23. The van der Waals surface area contributed by atoms with Crippen LogP contribution in [0.25, 0.3) is 10.6 Å². The van der Waals surface area contributed by atoms with E-state index in [1.807, 2.05) is 0 Å². The zero-order valence-electron chi connectivity index (χ0n) is 11.4. The van der Waals surface area contributed by atoms with Gasteiger partial charge in [-0.1, -0.05) is 0 Å². The summed E-state index contributed by atoms with van der Waals surface area (Å²) in [6.07, 6.45) is 1.47. The minimum absolute atomic E-state index is 0.00146. The summed E-state index contributed by atoms with van der Waals surface area (Å²) in [6.45, 7) is -0.00146. The third kappa shape index (κ3) is 2.20. The third-order valence-corrected chi connectivity index (χ3v) is 6.41. The maximum absolute atomic E-state index is 12.4. The van der Waals surface area contributed by atoms with Crippen LogP contribution in [0, 0.1) is 0 Å². The second kappa shape index (κ2) is 4.92. The van der Waals surface area contributed by atoms with Crippen LogP contribution in [-0.4, -0.2) is 53.4 Å². The van der Waals surface area contributed by atoms with Gasteiger partial charge >= 0.3 is 6.09 Å². The number of aromatic amines is 1. The van der Waals surface area contributed by atoms with E-state index < -0.39 is 21.8 Å². The number of sulfone groups is 1. The van der Waals surface area contributed by atoms with E-state index in [0.717, 1.165) is 17.6 Å². The Labute approximate surface area is 129 Å². The van der Waals surface area contributed by atoms with Gasteiger partial charge in [-0.25, -0.2) is 18.1 Å². The van der Waals surface area contributed by atoms with Crippen LogP contribution in [0.5, 0.6) is 0 Å². The van der Waals surface area contributed by atoms with Crippen molar-refractivity contribution in [3.8, 4) is 10.6 Å². The van der Waals surface area contributed by atoms with Crippen molar-refractivity contribution in [1.29, 1.82) is 0 Å². The highest BCUT2D eigenvalue weighted by Crippen LogP contribution is 2.41. The SMILES string of the molecule is CS(=O)(=O)c1sc(-c2cc[nH]n2)c2c1C(=O)N(C(=O)O)CC2. The number of hydrogen-bond acceptors (Lipinski definition) is 6. The van der Waals surface area contributed by atoms with Crippen LogP contribution < -0.4 is 0 Å². The molecule has 0 spiro atoms. The van der Waals surface area contributed by atoms with Gasteiger partial charge in [0.05, 0.1) is 10.4 Å². The Morgan fingerprint density at radius 3 is 2.77 bits per heavy atom. The average Bonchev–Trinajstić information content (AvgIpc) is 3.04. The molecule has 0 saturated heterocycles. The summed E-state index contributed by atoms with van der Waals surface area (Å²) in [6, 6.07) is 1.67. The van der Waals surface area contributed by atoms with Gasteiger partial charge in [-0.2, -0.15) is 5.10 Å². The number of imide groups is 1. The number of nitrogens with one attached hydrogen (secondary N) is 1. The number of rotatable bonds is 2. The molecule has 2 aromatic heterocycles. The summed E-state index contributed by atoms with van der Waals surface area (Å²) in [5, 5.41) is 15.7. The Morgan fingerprint density at radius 2 is 2.23 bits per heavy atom. The molecule has 0 radical (unpaired) electrons. The molecule has 0 atom stereocenters. The van der Waals surface area contributed by atoms with E-state index in [2.05, 4.69) is 10.2 Å². The molecule has 116 valence electrons. The highest BCUT2D eigenvalue weighted by molar-refractivity contribution is 7.93. The molecule has 1 aliphatic heterocycles. The van der Waals surface area contributed by atoms with E-state index >= 15 is 0 Å². The largest absolute Gasteiger partial charge is 0.465 e. The highest BCUT2D eigenvalue weighted by atomic mass is 32.2. The summed E-state index contributed by atoms with van der Waals surface area (Å²) >= 11 is 0.947. The maximum Gasteiger partial charge on any atom is 0.414 e. The molecule has 10 heteroatoms. The Morgan fingerprint density at radius 1 is 1.50 bits per heavy atom. The van der Waals surface area contributed by atoms with Crippen LogP contribution in [-0.2, 0) is 16.3 Å². The van der Waals surface area contributed by atoms with Crippen molar-refractivity contribution >= 4 is 33.2 Å². The topological polar surface area (TPSA) is 120 Å². The summed E-state index contributed by atoms with van der Waals surface area (Å²) < 4.78 is 23.8. The lowest BCUT2D eigenvalue weighted by atomic mass is 10.0. The fourth-order valence-corrected chi connectivity index (χ4v) is 4.87. The highest BCUT2D eigenvalue weighted by Gasteiger charge is 2.37. The van der Waals surface area contributed by atoms with Crippen LogP contribution in [0.4, 0.5) is 4.79 Å². The zero-order chi connectivity index (χ0) is 16.1. The molecule has 0 aromatic carbocycles. The molecule has 3 rings (SSSR count). The number of amides is 2. The number of carbonyl (C=O) groups is 2. The van der Waals surface area contributed by atoms with E-state index in [9.17, 15) is 18.0 Å². The first-order valence-electron chi connectivity index (χ1n) is 6.21. The van der Waals surface area contributed by atoms with E-state index in [4.69, 9.17) is 5.11 Å². The van der Waals surface area contributed by atoms with Gasteiger partial charge in [0.25, 0.3) is 5.91 Å². The van der Waals surface area contributed by atoms with Gasteiger partial charge in [-0.3, -0.25) is 9.89 Å². The first kappa shape index (κ1) is 14.7. The normalized spacial score (nSPS) is 15.0. The van der Waals surface area contributed by atoms with Gasteiger partial charge in [-0.05, 0) is 18.1 Å². The second-order valence-electron chi connectivity index (χ2n) is 4.79. The fraction of sp³-hybridized carbons (Fsp3) is 0.250. The number of aromatic nitrogens is 2. The number of fused-ring (bicyclic) bond motifs is 1. The molecule has 0 fully saturated rings. The number of H-pyrrole nitrogens is 1. The minimum atomic E-state index is -3.66. The Kier molecular flexibility index (Phi) is 3.29. The van der Waals surface area contributed by atoms with Crippen molar-refractivity contribution in [1.82, 2.24) is 15.1 Å². The fourth-order valence-electron chi connectivity index (χ4n) is 2.39. The maximum atomic E-state index is 12.4. The molecule has 2 amide bonds. The first-order chi connectivity index (χ1) is 10.3. The van der Waals surface area contributed by atoms with Crippen molar-refractivity contribution in [2.45, 2.75) is 10.6 Å². The third-order valence-electron chi connectivity index (χ3n) is 3.32. The summed E-state index contributed by atoms with van der Waals surface area (Å²) in [4.78, 5) is 24.7. The number of hydrogen-bond donors (Lipinski definition) is 2. The molecule has 22 heavy (non-hydrogen) atoms. The van der Waals surface area contributed by atoms with Crippen molar-refractivity contribution in [2.75, 3.05) is 12.8 Å². The molecule has 8 nitrogen and oxygen atoms in total. The standard InChI is InChI=1S/C12H11N3O5S2/c1-22(19,20)11-8-6(3-5-15(10(8)16)12(17)18)9(21-11)7-2-4-13-14-7/h2,4H,3,5H2,1H3,(H,13,14)(H,17,18). The predicted octanol–water partition coefficient (Wildman–Crippen LogP) is 1.22. The van der Waals surface area contributed by atoms with Crippen LogP contribution in [0.2, 0.25) is 0 Å². The summed E-state index contributed by atoms with van der Waals surface area (Å²) in [5.74, 6) is -0.799. The number of nitrogens with zero attached hydrogens (tertiary/aromatic N) is 2. The van der Waals surface area contributed by atoms with Gasteiger partial charge in [0.1, 0.15) is 9.90 Å². The first-order valence-corrected chi connectivity index (χ1v) is 8.92. The minimum Gasteiger partial charge on any atom is -0.465 e. The molecule has 0 unspecified atom stereocenters. The van der Waals surface area contributed by atoms with E-state index in [1.54, 1.807) is 12.3 Å². The van der Waals surface area contributed by atoms with Crippen LogP contribution in [0.15, 0.2) is 16.5 Å². The van der Waals surface area contributed by atoms with E-state index in [1.165, 1.54) is 0 Å². The Bertz CT molecular complexity index is 867. The van der Waals surface area contributed by atoms with Gasteiger partial charge in [-0.15, -0.1) is 11.3 Å². The monoisotopic (exact) mass is 341 g/mol. The number of thiophene rings is 1. The average molecular weight is 341 g/mol. The summed E-state index contributed by atoms with van der Waals surface area (Å²) in [5.41, 5.74) is 1.03. The molecule has 2 N–H and O–H groups in total. The molecule has 0 aliphatic carbocycles. The number of carbonyl (C=O) groups excluding carboxylic acids is 1. The number of carboxylic acid groups (broad SMARTS) is 1. The molecule has 0 bridgehead atoms. The van der Waals surface area contributed by atoms with Crippen LogP contribution in [0.1, 0.15) is 15.9 Å². The summed E-state index contributed by atoms with van der Waals surface area (Å²) in [7, 11) is -3.66. The van der Waals surface area contributed by atoms with Gasteiger partial charge in [0.2, 0.25) is 0 Å². The van der Waals surface area contributed by atoms with Crippen molar-refractivity contribution in [2.24, 2.45) is 0 Å². The molecule has 0 saturated carbocycles. The smallest absolute Gasteiger partial charge is 0.414 e. The lowest BCUT2D eigenvalue weighted by molar-refractivity contribution is 0.0724. The molecule has 2 aromatic rings. The Balaban J connectivity index is 2.27. The van der Waals surface area contributed by atoms with E-state index in [-0.39, 0.29) is 22.7 Å². The molecular weight excluding hydrogens is 330 g/mol. The predicted molar refractivity (Wildman–Crippen MR) is 77.8 cm³/mol. The second-order valence-corrected chi connectivity index (χ2v) is 8.02. The van der Waals surface area contributed by atoms with E-state index in [0.29, 0.717) is 21.0 Å². The van der Waals surface area contributed by atoms with Crippen LogP contribution in [0.3, 0.4) is 0 Å². The Hall–Kier alpha value is -2.20. The van der Waals surface area contributed by atoms with Gasteiger partial charge in [0, 0.05) is 19.0 Å². The van der Waals surface area contributed by atoms with Crippen LogP contribution >= 0.6 is 11.3 Å². The molecule has 1 aliphatic rings. The molecule has 3 heterocycles. The lowest BCUT2D eigenvalue weighted by Crippen LogP contribution is -2.41. The molecular formula is C12H11N3O5S2. The van der Waals surface area contributed by atoms with Crippen molar-refractivity contribution in [3.05, 3.63) is 23.4 Å². The van der Waals surface area contributed by atoms with Crippen molar-refractivity contribution < 1.29 is 23.1 Å². The van der Waals surface area contributed by atoms with Gasteiger partial charge in [0.15, 0.2) is 9.84 Å². The van der Waals surface area contributed by atoms with Crippen molar-refractivity contribution in [3.63, 3.8) is 0 Å². The quantitative estimate of drug-likeness (QED) is 0.847. The zero-order valence-corrected chi connectivity index (χ0v) is 13.0. The van der Waals surface area contributed by atoms with Gasteiger partial charge < -0.3 is 5.11 Å².